The van der Waals surface area contributed by atoms with Crippen LogP contribution in [0.4, 0.5) is 0 Å². The predicted molar refractivity (Wildman–Crippen MR) is 110 cm³/mol. The Kier molecular flexibility index (Phi) is 6.03. The number of carbonyl (C=O) groups is 2. The molecule has 3 rings (SSSR count). The number of phenolic OH excluding ortho intramolecular Hbond substituents is 1. The van der Waals surface area contributed by atoms with E-state index in [1.807, 2.05) is 26.0 Å². The van der Waals surface area contributed by atoms with E-state index in [1.165, 1.54) is 17.0 Å². The van der Waals surface area contributed by atoms with Gasteiger partial charge in [0.05, 0.1) is 11.6 Å². The van der Waals surface area contributed by atoms with E-state index in [2.05, 4.69) is 0 Å². The fourth-order valence-electron chi connectivity index (χ4n) is 3.67. The molecule has 0 spiro atoms. The number of hydrogen-bond acceptors (Lipinski definition) is 5. The molecule has 1 heterocycles. The summed E-state index contributed by atoms with van der Waals surface area (Å²) >= 11 is 0. The number of aromatic hydroxyl groups is 1. The average Bonchev–Trinajstić information content (AvgIpc) is 2.94. The molecule has 1 amide bonds. The molecule has 6 nitrogen and oxygen atoms in total. The molecule has 2 aromatic rings. The Balaban J connectivity index is 2.18. The lowest BCUT2D eigenvalue weighted by atomic mass is 9.93. The van der Waals surface area contributed by atoms with Gasteiger partial charge in [-0.3, -0.25) is 9.59 Å². The van der Waals surface area contributed by atoms with Crippen LogP contribution in [0.3, 0.4) is 0 Å². The second-order valence-corrected chi connectivity index (χ2v) is 7.25. The van der Waals surface area contributed by atoms with Gasteiger partial charge in [0.25, 0.3) is 11.7 Å². The number of ether oxygens (including phenoxy) is 1. The molecular weight excluding hydrogens is 370 g/mol. The Hall–Kier alpha value is -3.12. The third-order valence-electron chi connectivity index (χ3n) is 5.12. The third-order valence-corrected chi connectivity index (χ3v) is 5.12. The SMILES string of the molecule is COCCCN1C(=O)C(=O)/C(=C(/O)c2cc(C)ccc2C)C1c1cccc(O)c1. The number of phenols is 1. The zero-order valence-electron chi connectivity index (χ0n) is 16.8. The Labute approximate surface area is 170 Å². The summed E-state index contributed by atoms with van der Waals surface area (Å²) in [6.07, 6.45) is 0.544. The van der Waals surface area contributed by atoms with Crippen molar-refractivity contribution in [2.75, 3.05) is 20.3 Å². The van der Waals surface area contributed by atoms with Crippen molar-refractivity contribution in [2.24, 2.45) is 0 Å². The minimum Gasteiger partial charge on any atom is -0.508 e. The van der Waals surface area contributed by atoms with Crippen molar-refractivity contribution < 1.29 is 24.5 Å². The molecule has 1 unspecified atom stereocenters. The van der Waals surface area contributed by atoms with Crippen molar-refractivity contribution in [3.05, 3.63) is 70.3 Å². The Morgan fingerprint density at radius 3 is 2.59 bits per heavy atom. The first-order chi connectivity index (χ1) is 13.8. The monoisotopic (exact) mass is 395 g/mol. The molecule has 1 saturated heterocycles. The van der Waals surface area contributed by atoms with Gasteiger partial charge in [0, 0.05) is 25.8 Å². The highest BCUT2D eigenvalue weighted by Crippen LogP contribution is 2.40. The van der Waals surface area contributed by atoms with Crippen LogP contribution >= 0.6 is 0 Å². The summed E-state index contributed by atoms with van der Waals surface area (Å²) < 4.78 is 5.07. The van der Waals surface area contributed by atoms with Gasteiger partial charge in [-0.15, -0.1) is 0 Å². The van der Waals surface area contributed by atoms with Crippen LogP contribution < -0.4 is 0 Å². The highest BCUT2D eigenvalue weighted by atomic mass is 16.5. The first kappa shape index (κ1) is 20.6. The molecule has 152 valence electrons. The summed E-state index contributed by atoms with van der Waals surface area (Å²) in [5, 5.41) is 21.0. The average molecular weight is 395 g/mol. The predicted octanol–water partition coefficient (Wildman–Crippen LogP) is 3.47. The number of nitrogens with zero attached hydrogens (tertiary/aromatic N) is 1. The number of Topliss-reactive ketones (excluding diaryl/α,β-unsaturated/α-hetero) is 1. The number of rotatable bonds is 6. The fraction of sp³-hybridized carbons (Fsp3) is 0.304. The molecule has 6 heteroatoms. The molecule has 0 saturated carbocycles. The van der Waals surface area contributed by atoms with Crippen LogP contribution in [0.1, 0.15) is 34.7 Å². The number of hydrogen-bond donors (Lipinski definition) is 2. The highest BCUT2D eigenvalue weighted by Gasteiger charge is 2.46. The van der Waals surface area contributed by atoms with E-state index in [0.29, 0.717) is 30.7 Å². The van der Waals surface area contributed by atoms with E-state index in [9.17, 15) is 19.8 Å². The van der Waals surface area contributed by atoms with E-state index in [1.54, 1.807) is 25.3 Å². The number of ketones is 1. The lowest BCUT2D eigenvalue weighted by Gasteiger charge is -2.25. The van der Waals surface area contributed by atoms with Crippen LogP contribution in [0.15, 0.2) is 48.0 Å². The van der Waals surface area contributed by atoms with Gasteiger partial charge in [0.1, 0.15) is 11.5 Å². The normalized spacial score (nSPS) is 18.4. The van der Waals surface area contributed by atoms with E-state index in [0.717, 1.165) is 11.1 Å². The van der Waals surface area contributed by atoms with Gasteiger partial charge in [-0.25, -0.2) is 0 Å². The molecule has 2 N–H and O–H groups in total. The van der Waals surface area contributed by atoms with Gasteiger partial charge in [0.15, 0.2) is 0 Å². The van der Waals surface area contributed by atoms with Crippen LogP contribution in [0.2, 0.25) is 0 Å². The van der Waals surface area contributed by atoms with Crippen LogP contribution in [0, 0.1) is 13.8 Å². The fourth-order valence-corrected chi connectivity index (χ4v) is 3.67. The number of methoxy groups -OCH3 is 1. The maximum atomic E-state index is 12.9. The van der Waals surface area contributed by atoms with E-state index in [-0.39, 0.29) is 17.1 Å². The van der Waals surface area contributed by atoms with Crippen LogP contribution in [0.25, 0.3) is 5.76 Å². The summed E-state index contributed by atoms with van der Waals surface area (Å²) in [5.41, 5.74) is 2.85. The van der Waals surface area contributed by atoms with E-state index >= 15 is 0 Å². The maximum Gasteiger partial charge on any atom is 0.295 e. The molecule has 0 bridgehead atoms. The topological polar surface area (TPSA) is 87.1 Å². The molecule has 2 aromatic carbocycles. The number of amides is 1. The highest BCUT2D eigenvalue weighted by molar-refractivity contribution is 6.46. The molecule has 1 atom stereocenters. The number of aryl methyl sites for hydroxylation is 2. The maximum absolute atomic E-state index is 12.9. The number of aliphatic hydroxyl groups is 1. The van der Waals surface area contributed by atoms with Crippen molar-refractivity contribution in [1.29, 1.82) is 0 Å². The molecule has 1 aliphatic rings. The van der Waals surface area contributed by atoms with Crippen LogP contribution in [0.5, 0.6) is 5.75 Å². The first-order valence-electron chi connectivity index (χ1n) is 9.49. The second kappa shape index (κ2) is 8.49. The molecule has 1 aliphatic heterocycles. The molecule has 1 fully saturated rings. The van der Waals surface area contributed by atoms with Crippen LogP contribution in [-0.2, 0) is 14.3 Å². The Bertz CT molecular complexity index is 979. The van der Waals surface area contributed by atoms with Gasteiger partial charge in [-0.2, -0.15) is 0 Å². The number of aliphatic hydroxyl groups excluding tert-OH is 1. The van der Waals surface area contributed by atoms with Crippen molar-refractivity contribution in [1.82, 2.24) is 4.90 Å². The van der Waals surface area contributed by atoms with Crippen molar-refractivity contribution in [2.45, 2.75) is 26.3 Å². The van der Waals surface area contributed by atoms with Crippen molar-refractivity contribution in [3.8, 4) is 5.75 Å². The number of benzene rings is 2. The zero-order valence-corrected chi connectivity index (χ0v) is 16.8. The van der Waals surface area contributed by atoms with Gasteiger partial charge >= 0.3 is 0 Å². The largest absolute Gasteiger partial charge is 0.508 e. The number of likely N-dealkylation sites (tertiary alicyclic amines) is 1. The Morgan fingerprint density at radius 1 is 1.14 bits per heavy atom. The number of carbonyl (C=O) groups excluding carboxylic acids is 2. The second-order valence-electron chi connectivity index (χ2n) is 7.25. The van der Waals surface area contributed by atoms with E-state index < -0.39 is 17.7 Å². The summed E-state index contributed by atoms with van der Waals surface area (Å²) in [5.74, 6) is -1.57. The summed E-state index contributed by atoms with van der Waals surface area (Å²) in [6.45, 7) is 4.47. The molecule has 0 aliphatic carbocycles. The minimum absolute atomic E-state index is 0.0247. The first-order valence-corrected chi connectivity index (χ1v) is 9.49. The van der Waals surface area contributed by atoms with Crippen LogP contribution in [-0.4, -0.2) is 47.1 Å². The summed E-state index contributed by atoms with van der Waals surface area (Å²) in [6, 6.07) is 11.2. The van der Waals surface area contributed by atoms with Gasteiger partial charge in [0.2, 0.25) is 0 Å². The Morgan fingerprint density at radius 2 is 1.90 bits per heavy atom. The molecule has 0 radical (unpaired) electrons. The lowest BCUT2D eigenvalue weighted by Crippen LogP contribution is -2.31. The summed E-state index contributed by atoms with van der Waals surface area (Å²) in [4.78, 5) is 27.2. The van der Waals surface area contributed by atoms with Crippen molar-refractivity contribution >= 4 is 17.4 Å². The van der Waals surface area contributed by atoms with Gasteiger partial charge < -0.3 is 19.8 Å². The quantitative estimate of drug-likeness (QED) is 0.338. The summed E-state index contributed by atoms with van der Waals surface area (Å²) in [7, 11) is 1.57. The van der Waals surface area contributed by atoms with E-state index in [4.69, 9.17) is 4.74 Å². The molecule has 0 aromatic heterocycles. The molecular formula is C23H25NO5. The minimum atomic E-state index is -0.779. The lowest BCUT2D eigenvalue weighted by molar-refractivity contribution is -0.140. The molecule has 29 heavy (non-hydrogen) atoms. The van der Waals surface area contributed by atoms with Crippen molar-refractivity contribution in [3.63, 3.8) is 0 Å². The smallest absolute Gasteiger partial charge is 0.295 e. The standard InChI is InChI=1S/C23H25NO5/c1-14-8-9-15(2)18(12-14)21(26)19-20(16-6-4-7-17(25)13-16)24(10-5-11-29-3)23(28)22(19)27/h4,6-9,12-13,20,25-26H,5,10-11H2,1-3H3/b21-19+. The van der Waals surface area contributed by atoms with Gasteiger partial charge in [-0.05, 0) is 49.6 Å². The van der Waals surface area contributed by atoms with Gasteiger partial charge in [-0.1, -0.05) is 29.8 Å². The zero-order chi connectivity index (χ0) is 21.1. The third kappa shape index (κ3) is 4.03.